The van der Waals surface area contributed by atoms with Gasteiger partial charge in [0.15, 0.2) is 6.10 Å². The lowest BCUT2D eigenvalue weighted by molar-refractivity contribution is -0.140. The van der Waals surface area contributed by atoms with E-state index in [1.54, 1.807) is 0 Å². The van der Waals surface area contributed by atoms with Crippen molar-refractivity contribution in [1.82, 2.24) is 20.7 Å². The minimum absolute atomic E-state index is 0.0237. The molecule has 0 saturated heterocycles. The normalized spacial score (nSPS) is 15.7. The maximum absolute atomic E-state index is 12.0. The number of aliphatic carboxylic acids is 2. The van der Waals surface area contributed by atoms with Crippen molar-refractivity contribution in [2.45, 2.75) is 30.4 Å². The van der Waals surface area contributed by atoms with E-state index in [1.807, 2.05) is 0 Å². The van der Waals surface area contributed by atoms with Crippen LogP contribution in [0.5, 0.6) is 0 Å². The fraction of sp³-hybridized carbons (Fsp3) is 0.737. The molecule has 0 aromatic carbocycles. The summed E-state index contributed by atoms with van der Waals surface area (Å²) in [4.78, 5) is 56.5. The van der Waals surface area contributed by atoms with Crippen molar-refractivity contribution in [2.24, 2.45) is 11.5 Å². The molecule has 13 N–H and O–H groups in total. The summed E-state index contributed by atoms with van der Waals surface area (Å²) in [5.41, 5.74) is 10.6. The highest BCUT2D eigenvalue weighted by molar-refractivity contribution is 8.00. The molecule has 0 aromatic rings. The molecular formula is C19H36N6O11S3. The van der Waals surface area contributed by atoms with E-state index >= 15 is 0 Å². The molecule has 0 spiro atoms. The lowest BCUT2D eigenvalue weighted by Gasteiger charge is -2.22. The van der Waals surface area contributed by atoms with Crippen molar-refractivity contribution in [3.05, 3.63) is 0 Å². The average molecular weight is 621 g/mol. The second kappa shape index (κ2) is 20.8. The number of aliphatic hydroxyl groups is 3. The fourth-order valence-electron chi connectivity index (χ4n) is 2.34. The van der Waals surface area contributed by atoms with Crippen LogP contribution in [0, 0.1) is 0 Å². The van der Waals surface area contributed by atoms with Gasteiger partial charge in [0.05, 0.1) is 34.3 Å². The molecule has 3 amide bonds. The van der Waals surface area contributed by atoms with E-state index in [-0.39, 0.29) is 49.2 Å². The quantitative estimate of drug-likeness (QED) is 0.0502. The Morgan fingerprint density at radius 1 is 0.744 bits per heavy atom. The van der Waals surface area contributed by atoms with Gasteiger partial charge in [0.25, 0.3) is 5.91 Å². The number of carbonyl (C=O) groups is 5. The molecule has 0 rings (SSSR count). The van der Waals surface area contributed by atoms with Crippen molar-refractivity contribution in [2.75, 3.05) is 54.9 Å². The van der Waals surface area contributed by atoms with Crippen LogP contribution in [0.25, 0.3) is 0 Å². The third-order valence-electron chi connectivity index (χ3n) is 4.46. The van der Waals surface area contributed by atoms with Crippen molar-refractivity contribution >= 4 is 64.2 Å². The van der Waals surface area contributed by atoms with Crippen LogP contribution in [-0.4, -0.2) is 145 Å². The second-order valence-corrected chi connectivity index (χ2v) is 11.2. The molecule has 17 nitrogen and oxygen atoms in total. The SMILES string of the molecule is NC(CSCC(=O)NCCNC(=O)[C@@H](O)[C@H](O)[C@H](O)CS(=O)NCCNC(=O)CSCC(N)C(=O)O)C(=O)O. The highest BCUT2D eigenvalue weighted by Gasteiger charge is 2.31. The Kier molecular flexibility index (Phi) is 19.7. The number of thioether (sulfide) groups is 2. The molecule has 3 unspecified atom stereocenters. The summed E-state index contributed by atoms with van der Waals surface area (Å²) in [6, 6.07) is -2.18. The third-order valence-corrected chi connectivity index (χ3v) is 7.75. The Bertz CT molecular complexity index is 841. The van der Waals surface area contributed by atoms with Gasteiger partial charge in [-0.3, -0.25) is 24.0 Å². The number of hydrogen-bond donors (Lipinski definition) is 11. The van der Waals surface area contributed by atoms with E-state index < -0.39 is 76.8 Å². The van der Waals surface area contributed by atoms with E-state index in [4.69, 9.17) is 21.7 Å². The molecule has 0 aliphatic rings. The second-order valence-electron chi connectivity index (χ2n) is 7.82. The third kappa shape index (κ3) is 18.0. The van der Waals surface area contributed by atoms with Gasteiger partial charge in [0.2, 0.25) is 11.8 Å². The van der Waals surface area contributed by atoms with E-state index in [1.165, 1.54) is 0 Å². The van der Waals surface area contributed by atoms with E-state index in [0.29, 0.717) is 0 Å². The van der Waals surface area contributed by atoms with Gasteiger partial charge in [-0.2, -0.15) is 0 Å². The van der Waals surface area contributed by atoms with E-state index in [9.17, 15) is 43.5 Å². The molecule has 0 saturated carbocycles. The van der Waals surface area contributed by atoms with Gasteiger partial charge >= 0.3 is 11.9 Å². The summed E-state index contributed by atoms with van der Waals surface area (Å²) in [5.74, 6) is -4.75. The highest BCUT2D eigenvalue weighted by Crippen LogP contribution is 2.03. The van der Waals surface area contributed by atoms with Gasteiger partial charge in [0, 0.05) is 37.7 Å². The summed E-state index contributed by atoms with van der Waals surface area (Å²) in [7, 11) is -1.88. The first-order chi connectivity index (χ1) is 18.3. The average Bonchev–Trinajstić information content (AvgIpc) is 2.87. The van der Waals surface area contributed by atoms with Crippen molar-refractivity contribution < 1.29 is 53.7 Å². The van der Waals surface area contributed by atoms with E-state index in [2.05, 4.69) is 20.7 Å². The Balaban J connectivity index is 4.09. The van der Waals surface area contributed by atoms with Crippen LogP contribution in [0.2, 0.25) is 0 Å². The number of carbonyl (C=O) groups excluding carboxylic acids is 3. The first kappa shape index (κ1) is 37.0. The van der Waals surface area contributed by atoms with Gasteiger partial charge in [-0.25, -0.2) is 8.93 Å². The number of nitrogens with one attached hydrogen (secondary N) is 4. The Morgan fingerprint density at radius 3 is 1.64 bits per heavy atom. The standard InChI is InChI=1S/C19H36N6O11S3/c20-10(18(32)33)5-37-7-13(27)22-1-2-24-17(31)16(30)15(29)12(26)9-39(36)25-4-3-23-14(28)8-38-6-11(21)19(34)35/h10-12,15-16,25-26,29-30H,1-9,20-21H2,(H,22,27)(H,23,28)(H,24,31)(H,32,33)(H,34,35)/t10?,11?,12-,15-,16+,39?/m1/s1. The zero-order chi connectivity index (χ0) is 30.0. The maximum Gasteiger partial charge on any atom is 0.321 e. The van der Waals surface area contributed by atoms with Crippen LogP contribution in [0.3, 0.4) is 0 Å². The minimum Gasteiger partial charge on any atom is -0.480 e. The number of aliphatic hydroxyl groups excluding tert-OH is 3. The topological polar surface area (TPSA) is 304 Å². The number of hydrogen-bond acceptors (Lipinski definition) is 13. The maximum atomic E-state index is 12.0. The van der Waals surface area contributed by atoms with Gasteiger partial charge in [-0.15, -0.1) is 23.5 Å². The molecule has 0 radical (unpaired) electrons. The highest BCUT2D eigenvalue weighted by atomic mass is 32.2. The van der Waals surface area contributed by atoms with Crippen LogP contribution in [0.1, 0.15) is 0 Å². The van der Waals surface area contributed by atoms with Crippen LogP contribution < -0.4 is 32.1 Å². The van der Waals surface area contributed by atoms with Crippen molar-refractivity contribution in [3.8, 4) is 0 Å². The monoisotopic (exact) mass is 620 g/mol. The molecule has 226 valence electrons. The first-order valence-corrected chi connectivity index (χ1v) is 15.0. The molecule has 6 atom stereocenters. The lowest BCUT2D eigenvalue weighted by Crippen LogP contribution is -2.50. The first-order valence-electron chi connectivity index (χ1n) is 11.4. The Labute approximate surface area is 235 Å². The van der Waals surface area contributed by atoms with Gasteiger partial charge in [-0.1, -0.05) is 0 Å². The predicted octanol–water partition coefficient (Wildman–Crippen LogP) is -6.04. The molecule has 0 fully saturated rings. The molecule has 39 heavy (non-hydrogen) atoms. The number of amides is 3. The van der Waals surface area contributed by atoms with Crippen molar-refractivity contribution in [3.63, 3.8) is 0 Å². The number of nitrogens with two attached hydrogens (primary N) is 2. The summed E-state index contributed by atoms with van der Waals surface area (Å²) in [5, 5.41) is 54.4. The van der Waals surface area contributed by atoms with Crippen LogP contribution >= 0.6 is 23.5 Å². The van der Waals surface area contributed by atoms with E-state index in [0.717, 1.165) is 23.5 Å². The van der Waals surface area contributed by atoms with Crippen LogP contribution in [-0.2, 0) is 35.0 Å². The van der Waals surface area contributed by atoms with Crippen LogP contribution in [0.15, 0.2) is 0 Å². The lowest BCUT2D eigenvalue weighted by atomic mass is 10.1. The molecule has 0 heterocycles. The van der Waals surface area contributed by atoms with Gasteiger partial charge < -0.3 is 53.0 Å². The largest absolute Gasteiger partial charge is 0.480 e. The zero-order valence-electron chi connectivity index (χ0n) is 20.8. The molecule has 0 bridgehead atoms. The fourth-order valence-corrected chi connectivity index (χ4v) is 4.90. The molecule has 0 aliphatic carbocycles. The predicted molar refractivity (Wildman–Crippen MR) is 144 cm³/mol. The summed E-state index contributed by atoms with van der Waals surface area (Å²) in [6.07, 6.45) is -5.75. The summed E-state index contributed by atoms with van der Waals surface area (Å²) in [6.45, 7) is -0.0562. The van der Waals surface area contributed by atoms with Gasteiger partial charge in [-0.05, 0) is 0 Å². The number of carboxylic acids is 2. The molecule has 20 heteroatoms. The minimum atomic E-state index is -2.05. The number of rotatable bonds is 22. The molecule has 0 aromatic heterocycles. The molecule has 0 aliphatic heterocycles. The van der Waals surface area contributed by atoms with Crippen molar-refractivity contribution in [1.29, 1.82) is 0 Å². The van der Waals surface area contributed by atoms with Gasteiger partial charge in [0.1, 0.15) is 18.2 Å². The zero-order valence-corrected chi connectivity index (χ0v) is 23.3. The Hall–Kier alpha value is -2.04. The Morgan fingerprint density at radius 2 is 1.18 bits per heavy atom. The smallest absolute Gasteiger partial charge is 0.321 e. The summed E-state index contributed by atoms with van der Waals surface area (Å²) >= 11 is 2.05. The number of carboxylic acid groups (broad SMARTS) is 2. The summed E-state index contributed by atoms with van der Waals surface area (Å²) < 4.78 is 14.5. The molecular weight excluding hydrogens is 584 g/mol. The van der Waals surface area contributed by atoms with Crippen LogP contribution in [0.4, 0.5) is 0 Å².